The first-order chi connectivity index (χ1) is 8.99. The molecule has 0 aromatic heterocycles. The van der Waals surface area contributed by atoms with Crippen LogP contribution in [0.5, 0.6) is 0 Å². The molecule has 19 heavy (non-hydrogen) atoms. The molecule has 6 heteroatoms. The van der Waals surface area contributed by atoms with Crippen molar-refractivity contribution >= 4 is 5.90 Å². The average Bonchev–Trinajstić information content (AvgIpc) is 2.76. The Bertz CT molecular complexity index is 471. The molecule has 1 aliphatic rings. The lowest BCUT2D eigenvalue weighted by Gasteiger charge is -2.08. The lowest BCUT2D eigenvalue weighted by Crippen LogP contribution is -2.12. The first kappa shape index (κ1) is 13.9. The van der Waals surface area contributed by atoms with Gasteiger partial charge in [-0.15, -0.1) is 0 Å². The summed E-state index contributed by atoms with van der Waals surface area (Å²) in [5, 5.41) is 0. The number of alkyl halides is 3. The Labute approximate surface area is 109 Å². The molecule has 1 aliphatic heterocycles. The van der Waals surface area contributed by atoms with E-state index in [4.69, 9.17) is 10.5 Å². The van der Waals surface area contributed by atoms with Gasteiger partial charge in [-0.05, 0) is 24.6 Å². The van der Waals surface area contributed by atoms with Gasteiger partial charge in [0, 0.05) is 6.42 Å². The zero-order valence-corrected chi connectivity index (χ0v) is 10.3. The van der Waals surface area contributed by atoms with Gasteiger partial charge in [-0.1, -0.05) is 18.2 Å². The second-order valence-corrected chi connectivity index (χ2v) is 4.44. The number of aliphatic imine (C=N–C) groups is 1. The Balaban J connectivity index is 2.06. The third-order valence-electron chi connectivity index (χ3n) is 2.88. The summed E-state index contributed by atoms with van der Waals surface area (Å²) in [5.74, 6) is 0.484. The van der Waals surface area contributed by atoms with E-state index in [9.17, 15) is 13.2 Å². The molecule has 0 saturated carbocycles. The molecule has 1 heterocycles. The summed E-state index contributed by atoms with van der Waals surface area (Å²) < 4.78 is 43.1. The van der Waals surface area contributed by atoms with Gasteiger partial charge in [0.25, 0.3) is 0 Å². The lowest BCUT2D eigenvalue weighted by atomic mass is 10.1. The minimum absolute atomic E-state index is 0.0331. The first-order valence-electron chi connectivity index (χ1n) is 6.04. The standard InChI is InChI=1S/C13H15F3N2O/c14-13(15,16)10-3-1-2-9(6-10)7-12-18-11(4-5-17)8-19-12/h1-3,6,11H,4-5,7-8,17H2. The minimum Gasteiger partial charge on any atom is -0.478 e. The molecule has 1 aromatic rings. The van der Waals surface area contributed by atoms with E-state index in [-0.39, 0.29) is 12.5 Å². The molecular weight excluding hydrogens is 257 g/mol. The van der Waals surface area contributed by atoms with E-state index in [1.807, 2.05) is 0 Å². The Morgan fingerprint density at radius 3 is 2.84 bits per heavy atom. The molecule has 2 N–H and O–H groups in total. The lowest BCUT2D eigenvalue weighted by molar-refractivity contribution is -0.137. The Kier molecular flexibility index (Phi) is 4.09. The minimum atomic E-state index is -4.32. The normalized spacial score (nSPS) is 19.2. The van der Waals surface area contributed by atoms with Crippen molar-refractivity contribution in [3.63, 3.8) is 0 Å². The number of nitrogens with zero attached hydrogens (tertiary/aromatic N) is 1. The number of rotatable bonds is 4. The topological polar surface area (TPSA) is 47.6 Å². The van der Waals surface area contributed by atoms with Crippen molar-refractivity contribution in [1.82, 2.24) is 0 Å². The zero-order chi connectivity index (χ0) is 13.9. The van der Waals surface area contributed by atoms with E-state index in [0.29, 0.717) is 24.6 Å². The van der Waals surface area contributed by atoms with E-state index >= 15 is 0 Å². The molecule has 1 aromatic carbocycles. The quantitative estimate of drug-likeness (QED) is 0.914. The van der Waals surface area contributed by atoms with Crippen molar-refractivity contribution in [3.8, 4) is 0 Å². The molecule has 0 spiro atoms. The molecule has 104 valence electrons. The maximum Gasteiger partial charge on any atom is 0.416 e. The van der Waals surface area contributed by atoms with Gasteiger partial charge in [0.15, 0.2) is 5.90 Å². The van der Waals surface area contributed by atoms with Gasteiger partial charge in [0.2, 0.25) is 0 Å². The molecule has 0 aliphatic carbocycles. The second-order valence-electron chi connectivity index (χ2n) is 4.44. The summed E-state index contributed by atoms with van der Waals surface area (Å²) in [6.45, 7) is 0.986. The highest BCUT2D eigenvalue weighted by Gasteiger charge is 2.30. The number of nitrogens with two attached hydrogens (primary N) is 1. The summed E-state index contributed by atoms with van der Waals surface area (Å²) in [5.41, 5.74) is 5.32. The van der Waals surface area contributed by atoms with Gasteiger partial charge >= 0.3 is 6.18 Å². The van der Waals surface area contributed by atoms with E-state index in [1.54, 1.807) is 6.07 Å². The molecule has 1 atom stereocenters. The fraction of sp³-hybridized carbons (Fsp3) is 0.462. The molecule has 0 fully saturated rings. The van der Waals surface area contributed by atoms with E-state index in [1.165, 1.54) is 6.07 Å². The average molecular weight is 272 g/mol. The van der Waals surface area contributed by atoms with Gasteiger partial charge in [-0.3, -0.25) is 0 Å². The van der Waals surface area contributed by atoms with Crippen LogP contribution in [0, 0.1) is 0 Å². The van der Waals surface area contributed by atoms with Crippen LogP contribution in [-0.2, 0) is 17.3 Å². The fourth-order valence-corrected chi connectivity index (χ4v) is 1.94. The van der Waals surface area contributed by atoms with E-state index in [0.717, 1.165) is 18.6 Å². The van der Waals surface area contributed by atoms with Crippen molar-refractivity contribution in [2.24, 2.45) is 10.7 Å². The maximum atomic E-state index is 12.6. The van der Waals surface area contributed by atoms with Gasteiger partial charge in [0.1, 0.15) is 6.61 Å². The predicted octanol–water partition coefficient (Wildman–Crippen LogP) is 2.39. The third kappa shape index (κ3) is 3.70. The summed E-state index contributed by atoms with van der Waals surface area (Å²) in [6.07, 6.45) is -3.31. The van der Waals surface area contributed by atoms with Crippen LogP contribution in [0.3, 0.4) is 0 Å². The van der Waals surface area contributed by atoms with Crippen LogP contribution in [0.25, 0.3) is 0 Å². The molecule has 2 rings (SSSR count). The molecule has 0 bridgehead atoms. The van der Waals surface area contributed by atoms with Gasteiger partial charge in [-0.25, -0.2) is 4.99 Å². The Morgan fingerprint density at radius 2 is 2.16 bits per heavy atom. The third-order valence-corrected chi connectivity index (χ3v) is 2.88. The Morgan fingerprint density at radius 1 is 1.37 bits per heavy atom. The zero-order valence-electron chi connectivity index (χ0n) is 10.3. The van der Waals surface area contributed by atoms with Crippen molar-refractivity contribution < 1.29 is 17.9 Å². The van der Waals surface area contributed by atoms with Gasteiger partial charge in [-0.2, -0.15) is 13.2 Å². The van der Waals surface area contributed by atoms with E-state index in [2.05, 4.69) is 4.99 Å². The Hall–Kier alpha value is -1.56. The van der Waals surface area contributed by atoms with Crippen molar-refractivity contribution in [2.75, 3.05) is 13.2 Å². The molecule has 0 amide bonds. The first-order valence-corrected chi connectivity index (χ1v) is 6.04. The predicted molar refractivity (Wildman–Crippen MR) is 66.0 cm³/mol. The maximum absolute atomic E-state index is 12.6. The van der Waals surface area contributed by atoms with E-state index < -0.39 is 11.7 Å². The molecular formula is C13H15F3N2O. The van der Waals surface area contributed by atoms with Crippen molar-refractivity contribution in [2.45, 2.75) is 25.1 Å². The fourth-order valence-electron chi connectivity index (χ4n) is 1.94. The van der Waals surface area contributed by atoms with Crippen LogP contribution in [-0.4, -0.2) is 25.1 Å². The monoisotopic (exact) mass is 272 g/mol. The molecule has 0 saturated heterocycles. The number of benzene rings is 1. The highest BCUT2D eigenvalue weighted by Crippen LogP contribution is 2.29. The number of hydrogen-bond acceptors (Lipinski definition) is 3. The highest BCUT2D eigenvalue weighted by atomic mass is 19.4. The van der Waals surface area contributed by atoms with Crippen LogP contribution in [0.15, 0.2) is 29.3 Å². The van der Waals surface area contributed by atoms with Crippen LogP contribution < -0.4 is 5.73 Å². The summed E-state index contributed by atoms with van der Waals surface area (Å²) >= 11 is 0. The largest absolute Gasteiger partial charge is 0.478 e. The summed E-state index contributed by atoms with van der Waals surface area (Å²) in [4.78, 5) is 4.30. The van der Waals surface area contributed by atoms with Crippen LogP contribution in [0.2, 0.25) is 0 Å². The highest BCUT2D eigenvalue weighted by molar-refractivity contribution is 5.80. The summed E-state index contributed by atoms with van der Waals surface area (Å²) in [7, 11) is 0. The summed E-state index contributed by atoms with van der Waals surface area (Å²) in [6, 6.07) is 5.24. The number of ether oxygens (including phenoxy) is 1. The van der Waals surface area contributed by atoms with Gasteiger partial charge < -0.3 is 10.5 Å². The number of halogens is 3. The smallest absolute Gasteiger partial charge is 0.416 e. The molecule has 0 radical (unpaired) electrons. The second kappa shape index (κ2) is 5.61. The van der Waals surface area contributed by atoms with Crippen molar-refractivity contribution in [1.29, 1.82) is 0 Å². The van der Waals surface area contributed by atoms with Crippen molar-refractivity contribution in [3.05, 3.63) is 35.4 Å². The molecule has 1 unspecified atom stereocenters. The number of hydrogen-bond donors (Lipinski definition) is 1. The molecule has 3 nitrogen and oxygen atoms in total. The SMILES string of the molecule is NCCC1COC(Cc2cccc(C(F)(F)F)c2)=N1. The van der Waals surface area contributed by atoms with Crippen LogP contribution >= 0.6 is 0 Å². The van der Waals surface area contributed by atoms with Crippen LogP contribution in [0.1, 0.15) is 17.5 Å². The van der Waals surface area contributed by atoms with Gasteiger partial charge in [0.05, 0.1) is 11.6 Å². The van der Waals surface area contributed by atoms with Crippen LogP contribution in [0.4, 0.5) is 13.2 Å².